The molecule has 1 aromatic heterocycles. The molecule has 0 bridgehead atoms. The lowest BCUT2D eigenvalue weighted by molar-refractivity contribution is 0.106. The Kier molecular flexibility index (Phi) is 4.76. The molecule has 0 amide bonds. The van der Waals surface area contributed by atoms with Crippen molar-refractivity contribution in [3.05, 3.63) is 90.1 Å². The van der Waals surface area contributed by atoms with Gasteiger partial charge in [-0.2, -0.15) is 0 Å². The van der Waals surface area contributed by atoms with Crippen LogP contribution >= 0.6 is 11.3 Å². The van der Waals surface area contributed by atoms with Crippen molar-refractivity contribution in [2.45, 2.75) is 13.8 Å². The number of aryl methyl sites for hydroxylation is 2. The molecule has 1 heterocycles. The molecule has 3 nitrogen and oxygen atoms in total. The summed E-state index contributed by atoms with van der Waals surface area (Å²) >= 11 is 1.20. The van der Waals surface area contributed by atoms with Crippen LogP contribution in [-0.4, -0.2) is 10.8 Å². The molecule has 0 aliphatic heterocycles. The van der Waals surface area contributed by atoms with Gasteiger partial charge < -0.3 is 4.98 Å². The largest absolute Gasteiger partial charge is 0.313 e. The number of carbonyl (C=O) groups is 1. The van der Waals surface area contributed by atoms with E-state index in [2.05, 4.69) is 4.98 Å². The monoisotopic (exact) mass is 353 g/mol. The van der Waals surface area contributed by atoms with Crippen molar-refractivity contribution in [1.82, 2.24) is 4.98 Å². The average Bonchev–Trinajstić information content (AvgIpc) is 2.88. The van der Waals surface area contributed by atoms with Gasteiger partial charge in [0.1, 0.15) is 5.82 Å². The van der Waals surface area contributed by atoms with Crippen molar-refractivity contribution >= 4 is 29.3 Å². The maximum Gasteiger partial charge on any atom is 0.266 e. The predicted molar refractivity (Wildman–Crippen MR) is 98.9 cm³/mol. The molecular weight excluding hydrogens is 337 g/mol. The highest BCUT2D eigenvalue weighted by Gasteiger charge is 2.05. The van der Waals surface area contributed by atoms with Gasteiger partial charge >= 0.3 is 0 Å². The Morgan fingerprint density at radius 3 is 2.36 bits per heavy atom. The fourth-order valence-corrected chi connectivity index (χ4v) is 3.44. The Morgan fingerprint density at radius 2 is 1.72 bits per heavy atom. The van der Waals surface area contributed by atoms with Crippen LogP contribution in [0.4, 0.5) is 4.39 Å². The minimum Gasteiger partial charge on any atom is -0.313 e. The Hall–Kier alpha value is -2.79. The lowest BCUT2D eigenvalue weighted by Crippen LogP contribution is -2.20. The lowest BCUT2D eigenvalue weighted by atomic mass is 10.0. The number of thiazole rings is 1. The maximum atomic E-state index is 12.9. The number of aromatic nitrogens is 1. The van der Waals surface area contributed by atoms with Crippen LogP contribution in [0.2, 0.25) is 0 Å². The Balaban J connectivity index is 1.99. The van der Waals surface area contributed by atoms with E-state index < -0.39 is 0 Å². The summed E-state index contributed by atoms with van der Waals surface area (Å²) in [4.78, 5) is 27.2. The van der Waals surface area contributed by atoms with Gasteiger partial charge in [-0.15, -0.1) is 11.3 Å². The molecule has 0 aliphatic rings. The molecule has 3 rings (SSSR count). The molecule has 0 aliphatic carbocycles. The predicted octanol–water partition coefficient (Wildman–Crippen LogP) is 2.68. The average molecular weight is 353 g/mol. The Labute approximate surface area is 147 Å². The highest BCUT2D eigenvalue weighted by atomic mass is 32.1. The van der Waals surface area contributed by atoms with Gasteiger partial charge in [0.2, 0.25) is 0 Å². The summed E-state index contributed by atoms with van der Waals surface area (Å²) in [6.45, 7) is 3.87. The van der Waals surface area contributed by atoms with Gasteiger partial charge in [0.05, 0.1) is 9.20 Å². The molecule has 0 unspecified atom stereocenters. The van der Waals surface area contributed by atoms with Crippen LogP contribution < -0.4 is 14.8 Å². The zero-order chi connectivity index (χ0) is 18.0. The van der Waals surface area contributed by atoms with Crippen LogP contribution in [0.15, 0.2) is 47.3 Å². The smallest absolute Gasteiger partial charge is 0.266 e. The Bertz CT molecular complexity index is 1090. The highest BCUT2D eigenvalue weighted by molar-refractivity contribution is 7.07. The number of rotatable bonds is 3. The Morgan fingerprint density at radius 1 is 1.08 bits per heavy atom. The quantitative estimate of drug-likeness (QED) is 0.736. The van der Waals surface area contributed by atoms with Crippen LogP contribution in [0.3, 0.4) is 0 Å². The summed E-state index contributed by atoms with van der Waals surface area (Å²) in [5.74, 6) is -0.483. The number of nitrogens with one attached hydrogen (secondary N) is 1. The van der Waals surface area contributed by atoms with Gasteiger partial charge in [-0.25, -0.2) is 4.39 Å². The van der Waals surface area contributed by atoms with Crippen molar-refractivity contribution in [3.8, 4) is 0 Å². The van der Waals surface area contributed by atoms with E-state index >= 15 is 0 Å². The first kappa shape index (κ1) is 17.0. The van der Waals surface area contributed by atoms with E-state index in [9.17, 15) is 14.0 Å². The summed E-state index contributed by atoms with van der Waals surface area (Å²) in [6, 6.07) is 11.5. The van der Waals surface area contributed by atoms with Crippen LogP contribution in [0.25, 0.3) is 12.2 Å². The van der Waals surface area contributed by atoms with Crippen LogP contribution in [0, 0.1) is 19.7 Å². The first-order valence-electron chi connectivity index (χ1n) is 7.71. The molecule has 0 atom stereocenters. The van der Waals surface area contributed by atoms with E-state index in [0.29, 0.717) is 14.8 Å². The normalized spacial score (nSPS) is 12.6. The molecule has 3 aromatic rings. The van der Waals surface area contributed by atoms with Gasteiger partial charge in [-0.1, -0.05) is 29.3 Å². The molecule has 5 heteroatoms. The molecule has 1 N–H and O–H groups in total. The van der Waals surface area contributed by atoms with Gasteiger partial charge in [0.25, 0.3) is 5.56 Å². The van der Waals surface area contributed by atoms with Gasteiger partial charge in [0.15, 0.2) is 5.78 Å². The van der Waals surface area contributed by atoms with Gasteiger partial charge in [0, 0.05) is 11.6 Å². The topological polar surface area (TPSA) is 49.9 Å². The molecule has 0 radical (unpaired) electrons. The first-order chi connectivity index (χ1) is 11.9. The number of Topliss-reactive ketones (excluding diaryl/α,β-unsaturated/α-hetero) is 1. The molecule has 2 aromatic carbocycles. The van der Waals surface area contributed by atoms with Crippen LogP contribution in [0.5, 0.6) is 0 Å². The fourth-order valence-electron chi connectivity index (χ4n) is 2.55. The van der Waals surface area contributed by atoms with Crippen molar-refractivity contribution < 1.29 is 9.18 Å². The molecular formula is C20H16FNO2S. The minimum absolute atomic E-state index is 0.155. The third kappa shape index (κ3) is 4.19. The zero-order valence-corrected chi connectivity index (χ0v) is 14.6. The minimum atomic E-state index is -0.328. The molecule has 126 valence electrons. The van der Waals surface area contributed by atoms with E-state index in [1.807, 2.05) is 32.0 Å². The maximum absolute atomic E-state index is 12.9. The highest BCUT2D eigenvalue weighted by Crippen LogP contribution is 2.10. The second-order valence-corrected chi connectivity index (χ2v) is 6.95. The van der Waals surface area contributed by atoms with Crippen molar-refractivity contribution in [2.24, 2.45) is 0 Å². The standard InChI is InChI=1S/C20H16FNO2S/c1-12-7-13(2)9-15(8-12)17(23)11-19-22-20(24)18(25-19)10-14-3-5-16(21)6-4-14/h3-11H,1-2H3,(H,22,24). The number of halogens is 1. The van der Waals surface area contributed by atoms with E-state index in [0.717, 1.165) is 16.7 Å². The van der Waals surface area contributed by atoms with Crippen LogP contribution in [-0.2, 0) is 0 Å². The summed E-state index contributed by atoms with van der Waals surface area (Å²) in [5, 5.41) is 0. The molecule has 0 spiro atoms. The molecule has 0 saturated carbocycles. The summed E-state index contributed by atoms with van der Waals surface area (Å²) < 4.78 is 13.9. The van der Waals surface area contributed by atoms with Crippen molar-refractivity contribution in [3.63, 3.8) is 0 Å². The SMILES string of the molecule is Cc1cc(C)cc(C(=O)C=c2[nH]c(=O)c(=Cc3ccc(F)cc3)s2)c1. The van der Waals surface area contributed by atoms with E-state index in [4.69, 9.17) is 0 Å². The first-order valence-corrected chi connectivity index (χ1v) is 8.53. The molecule has 0 fully saturated rings. The second kappa shape index (κ2) is 6.99. The summed E-state index contributed by atoms with van der Waals surface area (Å²) in [6.07, 6.45) is 3.10. The van der Waals surface area contributed by atoms with Crippen LogP contribution in [0.1, 0.15) is 27.0 Å². The number of hydrogen-bond donors (Lipinski definition) is 1. The van der Waals surface area contributed by atoms with Crippen molar-refractivity contribution in [2.75, 3.05) is 0 Å². The summed E-state index contributed by atoms with van der Waals surface area (Å²) in [7, 11) is 0. The second-order valence-electron chi connectivity index (χ2n) is 5.87. The zero-order valence-electron chi connectivity index (χ0n) is 13.8. The lowest BCUT2D eigenvalue weighted by Gasteiger charge is -2.00. The van der Waals surface area contributed by atoms with E-state index in [1.54, 1.807) is 18.2 Å². The molecule has 0 saturated heterocycles. The molecule has 25 heavy (non-hydrogen) atoms. The van der Waals surface area contributed by atoms with Gasteiger partial charge in [-0.3, -0.25) is 9.59 Å². The third-order valence-corrected chi connectivity index (χ3v) is 4.58. The third-order valence-electron chi connectivity index (χ3n) is 3.62. The van der Waals surface area contributed by atoms with E-state index in [1.165, 1.54) is 29.5 Å². The van der Waals surface area contributed by atoms with E-state index in [-0.39, 0.29) is 17.2 Å². The summed E-state index contributed by atoms with van der Waals surface area (Å²) in [5.41, 5.74) is 3.08. The number of H-pyrrole nitrogens is 1. The number of hydrogen-bond acceptors (Lipinski definition) is 3. The number of aromatic amines is 1. The number of benzene rings is 2. The van der Waals surface area contributed by atoms with Gasteiger partial charge in [-0.05, 0) is 49.8 Å². The fraction of sp³-hybridized carbons (Fsp3) is 0.100. The van der Waals surface area contributed by atoms with Crippen molar-refractivity contribution in [1.29, 1.82) is 0 Å². The number of carbonyl (C=O) groups excluding carboxylic acids is 1. The number of ketones is 1.